The van der Waals surface area contributed by atoms with Crippen LogP contribution in [0.5, 0.6) is 0 Å². The standard InChI is InChI=1S/C18H21N5O2/c19-17(24)16-9-8-14(11-20-16)22-18(25)23-10-4-7-15(12-23)21-13-5-2-1-3-6-13/h1-3,5-6,8-9,11,15,21H,4,7,10,12H2,(H2,19,24)(H,22,25). The molecule has 0 spiro atoms. The molecule has 4 N–H and O–H groups in total. The van der Waals surface area contributed by atoms with Crippen LogP contribution in [0.2, 0.25) is 0 Å². The number of anilines is 2. The number of carbonyl (C=O) groups is 2. The van der Waals surface area contributed by atoms with E-state index < -0.39 is 5.91 Å². The third-order valence-electron chi connectivity index (χ3n) is 4.12. The second-order valence-corrected chi connectivity index (χ2v) is 6.02. The summed E-state index contributed by atoms with van der Waals surface area (Å²) in [7, 11) is 0. The van der Waals surface area contributed by atoms with E-state index in [-0.39, 0.29) is 17.8 Å². The number of hydrogen-bond donors (Lipinski definition) is 3. The molecule has 1 aliphatic heterocycles. The lowest BCUT2D eigenvalue weighted by atomic mass is 10.1. The van der Waals surface area contributed by atoms with Gasteiger partial charge in [-0.05, 0) is 37.1 Å². The number of pyridine rings is 1. The summed E-state index contributed by atoms with van der Waals surface area (Å²) in [6.45, 7) is 1.35. The molecule has 1 aliphatic rings. The molecule has 3 amide bonds. The van der Waals surface area contributed by atoms with E-state index in [2.05, 4.69) is 15.6 Å². The highest BCUT2D eigenvalue weighted by atomic mass is 16.2. The number of para-hydroxylation sites is 1. The summed E-state index contributed by atoms with van der Waals surface area (Å²) < 4.78 is 0. The van der Waals surface area contributed by atoms with E-state index in [1.807, 2.05) is 30.3 Å². The first-order valence-corrected chi connectivity index (χ1v) is 8.25. The predicted octanol–water partition coefficient (Wildman–Crippen LogP) is 2.29. The Hall–Kier alpha value is -3.09. The third kappa shape index (κ3) is 4.47. The molecule has 0 saturated carbocycles. The first-order valence-electron chi connectivity index (χ1n) is 8.25. The summed E-state index contributed by atoms with van der Waals surface area (Å²) in [6, 6.07) is 13.1. The monoisotopic (exact) mass is 339 g/mol. The molecular formula is C18H21N5O2. The highest BCUT2D eigenvalue weighted by Gasteiger charge is 2.23. The number of aromatic nitrogens is 1. The number of primary amides is 1. The van der Waals surface area contributed by atoms with Crippen LogP contribution in [0.1, 0.15) is 23.3 Å². The van der Waals surface area contributed by atoms with Crippen molar-refractivity contribution in [3.63, 3.8) is 0 Å². The molecule has 130 valence electrons. The summed E-state index contributed by atoms with van der Waals surface area (Å²) in [5, 5.41) is 6.27. The lowest BCUT2D eigenvalue weighted by Crippen LogP contribution is -2.46. The molecule has 7 heteroatoms. The van der Waals surface area contributed by atoms with Gasteiger partial charge in [-0.3, -0.25) is 4.79 Å². The zero-order valence-corrected chi connectivity index (χ0v) is 13.8. The van der Waals surface area contributed by atoms with Gasteiger partial charge in [-0.15, -0.1) is 0 Å². The maximum absolute atomic E-state index is 12.5. The van der Waals surface area contributed by atoms with Crippen LogP contribution in [-0.4, -0.2) is 41.0 Å². The van der Waals surface area contributed by atoms with Crippen LogP contribution >= 0.6 is 0 Å². The van der Waals surface area contributed by atoms with Crippen LogP contribution in [0.25, 0.3) is 0 Å². The molecule has 1 fully saturated rings. The molecule has 2 heterocycles. The van der Waals surface area contributed by atoms with E-state index in [1.165, 1.54) is 12.3 Å². The van der Waals surface area contributed by atoms with Gasteiger partial charge in [0, 0.05) is 24.8 Å². The first kappa shape index (κ1) is 16.8. The summed E-state index contributed by atoms with van der Waals surface area (Å²) in [6.07, 6.45) is 3.39. The summed E-state index contributed by atoms with van der Waals surface area (Å²) >= 11 is 0. The van der Waals surface area contributed by atoms with Crippen molar-refractivity contribution in [2.45, 2.75) is 18.9 Å². The number of benzene rings is 1. The zero-order chi connectivity index (χ0) is 17.6. The number of piperidine rings is 1. The van der Waals surface area contributed by atoms with Gasteiger partial charge in [0.25, 0.3) is 5.91 Å². The maximum atomic E-state index is 12.5. The number of urea groups is 1. The maximum Gasteiger partial charge on any atom is 0.321 e. The number of rotatable bonds is 4. The first-order chi connectivity index (χ1) is 12.1. The predicted molar refractivity (Wildman–Crippen MR) is 96.4 cm³/mol. The summed E-state index contributed by atoms with van der Waals surface area (Å²) in [5.74, 6) is -0.594. The van der Waals surface area contributed by atoms with Crippen LogP contribution in [-0.2, 0) is 0 Å². The van der Waals surface area contributed by atoms with Crippen LogP contribution in [0, 0.1) is 0 Å². The van der Waals surface area contributed by atoms with Gasteiger partial charge < -0.3 is 21.3 Å². The van der Waals surface area contributed by atoms with E-state index in [4.69, 9.17) is 5.73 Å². The van der Waals surface area contributed by atoms with Crippen molar-refractivity contribution in [1.82, 2.24) is 9.88 Å². The van der Waals surface area contributed by atoms with E-state index >= 15 is 0 Å². The van der Waals surface area contributed by atoms with Gasteiger partial charge in [0.05, 0.1) is 11.9 Å². The lowest BCUT2D eigenvalue weighted by Gasteiger charge is -2.33. The summed E-state index contributed by atoms with van der Waals surface area (Å²) in [5.41, 5.74) is 6.92. The fraction of sp³-hybridized carbons (Fsp3) is 0.278. The highest BCUT2D eigenvalue weighted by Crippen LogP contribution is 2.17. The quantitative estimate of drug-likeness (QED) is 0.795. The SMILES string of the molecule is NC(=O)c1ccc(NC(=O)N2CCCC(Nc3ccccc3)C2)cn1. The molecule has 1 saturated heterocycles. The Morgan fingerprint density at radius 3 is 2.60 bits per heavy atom. The smallest absolute Gasteiger partial charge is 0.321 e. The van der Waals surface area contributed by atoms with Crippen molar-refractivity contribution in [3.05, 3.63) is 54.4 Å². The minimum absolute atomic E-state index is 0.170. The van der Waals surface area contributed by atoms with Crippen molar-refractivity contribution in [2.24, 2.45) is 5.73 Å². The second kappa shape index (κ2) is 7.65. The van der Waals surface area contributed by atoms with Gasteiger partial charge in [0.1, 0.15) is 5.69 Å². The van der Waals surface area contributed by atoms with Crippen molar-refractivity contribution in [3.8, 4) is 0 Å². The van der Waals surface area contributed by atoms with Gasteiger partial charge in [-0.2, -0.15) is 0 Å². The van der Waals surface area contributed by atoms with E-state index in [9.17, 15) is 9.59 Å². The Morgan fingerprint density at radius 1 is 1.12 bits per heavy atom. The Bertz CT molecular complexity index is 733. The number of amides is 3. The molecule has 0 aliphatic carbocycles. The largest absolute Gasteiger partial charge is 0.381 e. The fourth-order valence-electron chi connectivity index (χ4n) is 2.87. The Kier molecular flexibility index (Phi) is 5.13. The average molecular weight is 339 g/mol. The Balaban J connectivity index is 1.57. The van der Waals surface area contributed by atoms with Gasteiger partial charge in [0.15, 0.2) is 0 Å². The highest BCUT2D eigenvalue weighted by molar-refractivity contribution is 5.92. The molecule has 1 unspecified atom stereocenters. The molecule has 25 heavy (non-hydrogen) atoms. The van der Waals surface area contributed by atoms with Crippen LogP contribution in [0.4, 0.5) is 16.2 Å². The Morgan fingerprint density at radius 2 is 1.92 bits per heavy atom. The molecular weight excluding hydrogens is 318 g/mol. The van der Waals surface area contributed by atoms with Gasteiger partial charge in [-0.25, -0.2) is 9.78 Å². The van der Waals surface area contributed by atoms with Crippen LogP contribution < -0.4 is 16.4 Å². The van der Waals surface area contributed by atoms with Crippen molar-refractivity contribution < 1.29 is 9.59 Å². The number of hydrogen-bond acceptors (Lipinski definition) is 4. The minimum atomic E-state index is -0.594. The number of likely N-dealkylation sites (tertiary alicyclic amines) is 1. The second-order valence-electron chi connectivity index (χ2n) is 6.02. The van der Waals surface area contributed by atoms with Gasteiger partial charge >= 0.3 is 6.03 Å². The Labute approximate surface area is 146 Å². The third-order valence-corrected chi connectivity index (χ3v) is 4.12. The van der Waals surface area contributed by atoms with E-state index in [0.29, 0.717) is 18.8 Å². The molecule has 3 rings (SSSR count). The molecule has 1 atom stereocenters. The number of nitrogens with zero attached hydrogens (tertiary/aromatic N) is 2. The molecule has 1 aromatic carbocycles. The topological polar surface area (TPSA) is 100 Å². The van der Waals surface area contributed by atoms with Gasteiger partial charge in [-0.1, -0.05) is 18.2 Å². The van der Waals surface area contributed by atoms with Crippen LogP contribution in [0.15, 0.2) is 48.7 Å². The molecule has 1 aromatic heterocycles. The molecule has 0 bridgehead atoms. The molecule has 7 nitrogen and oxygen atoms in total. The molecule has 0 radical (unpaired) electrons. The average Bonchev–Trinajstić information content (AvgIpc) is 2.63. The normalized spacial score (nSPS) is 17.0. The number of nitrogens with two attached hydrogens (primary N) is 1. The van der Waals surface area contributed by atoms with Crippen molar-refractivity contribution in [2.75, 3.05) is 23.7 Å². The van der Waals surface area contributed by atoms with Gasteiger partial charge in [0.2, 0.25) is 0 Å². The summed E-state index contributed by atoms with van der Waals surface area (Å²) in [4.78, 5) is 29.2. The van der Waals surface area contributed by atoms with Crippen molar-refractivity contribution in [1.29, 1.82) is 0 Å². The minimum Gasteiger partial charge on any atom is -0.381 e. The van der Waals surface area contributed by atoms with Crippen molar-refractivity contribution >= 4 is 23.3 Å². The van der Waals surface area contributed by atoms with Crippen LogP contribution in [0.3, 0.4) is 0 Å². The number of nitrogens with one attached hydrogen (secondary N) is 2. The number of carbonyl (C=O) groups excluding carboxylic acids is 2. The van der Waals surface area contributed by atoms with E-state index in [0.717, 1.165) is 18.5 Å². The fourth-order valence-corrected chi connectivity index (χ4v) is 2.87. The lowest BCUT2D eigenvalue weighted by molar-refractivity contribution is 0.0995. The molecule has 2 aromatic rings. The zero-order valence-electron chi connectivity index (χ0n) is 13.8. The van der Waals surface area contributed by atoms with E-state index in [1.54, 1.807) is 11.0 Å².